The highest BCUT2D eigenvalue weighted by atomic mass is 32.2. The molecular formula is C11H19NO3S. The molecule has 0 aromatic heterocycles. The van der Waals surface area contributed by atoms with Gasteiger partial charge in [0.2, 0.25) is 0 Å². The Morgan fingerprint density at radius 3 is 2.75 bits per heavy atom. The van der Waals surface area contributed by atoms with Crippen molar-refractivity contribution in [2.75, 3.05) is 31.1 Å². The molecule has 0 radical (unpaired) electrons. The van der Waals surface area contributed by atoms with Gasteiger partial charge in [-0.3, -0.25) is 4.79 Å². The Kier molecular flexibility index (Phi) is 3.35. The van der Waals surface area contributed by atoms with Gasteiger partial charge in [0.25, 0.3) is 0 Å². The first-order chi connectivity index (χ1) is 7.46. The zero-order chi connectivity index (χ0) is 11.8. The first-order valence-electron chi connectivity index (χ1n) is 5.92. The molecule has 2 rings (SSSR count). The monoisotopic (exact) mass is 245 g/mol. The molecule has 0 aliphatic carbocycles. The summed E-state index contributed by atoms with van der Waals surface area (Å²) < 4.78 is 22.7. The molecule has 0 aromatic rings. The number of hydrogen-bond donors (Lipinski definition) is 0. The second-order valence-corrected chi connectivity index (χ2v) is 7.37. The number of carbonyl (C=O) groups is 1. The summed E-state index contributed by atoms with van der Waals surface area (Å²) >= 11 is 0. The van der Waals surface area contributed by atoms with E-state index in [1.54, 1.807) is 0 Å². The average Bonchev–Trinajstić information content (AvgIpc) is 2.52. The third-order valence-electron chi connectivity index (χ3n) is 3.60. The zero-order valence-corrected chi connectivity index (χ0v) is 10.5. The lowest BCUT2D eigenvalue weighted by Gasteiger charge is -2.31. The van der Waals surface area contributed by atoms with Crippen LogP contribution in [0, 0.1) is 11.8 Å². The van der Waals surface area contributed by atoms with Crippen molar-refractivity contribution in [1.82, 2.24) is 4.90 Å². The Morgan fingerprint density at radius 1 is 1.44 bits per heavy atom. The number of carbonyl (C=O) groups excluding carboxylic acids is 1. The molecule has 5 heteroatoms. The third kappa shape index (κ3) is 2.83. The maximum absolute atomic E-state index is 11.4. The minimum absolute atomic E-state index is 0.117. The van der Waals surface area contributed by atoms with Gasteiger partial charge >= 0.3 is 0 Å². The highest BCUT2D eigenvalue weighted by Gasteiger charge is 2.31. The Balaban J connectivity index is 1.85. The molecule has 0 N–H and O–H groups in total. The van der Waals surface area contributed by atoms with Gasteiger partial charge in [0, 0.05) is 32.0 Å². The standard InChI is InChI=1S/C11H19NO3S/c1-9-6-12(4-2-11(9)13)7-10-3-5-16(14,15)8-10/h9-10H,2-8H2,1H3. The van der Waals surface area contributed by atoms with Crippen LogP contribution in [0.5, 0.6) is 0 Å². The molecule has 0 spiro atoms. The van der Waals surface area contributed by atoms with Crippen molar-refractivity contribution >= 4 is 15.6 Å². The van der Waals surface area contributed by atoms with E-state index in [9.17, 15) is 13.2 Å². The molecule has 2 atom stereocenters. The lowest BCUT2D eigenvalue weighted by Crippen LogP contribution is -2.42. The molecule has 16 heavy (non-hydrogen) atoms. The van der Waals surface area contributed by atoms with Gasteiger partial charge in [0.15, 0.2) is 9.84 Å². The number of hydrogen-bond acceptors (Lipinski definition) is 4. The zero-order valence-electron chi connectivity index (χ0n) is 9.68. The van der Waals surface area contributed by atoms with Crippen molar-refractivity contribution in [1.29, 1.82) is 0 Å². The molecule has 4 nitrogen and oxygen atoms in total. The predicted molar refractivity (Wildman–Crippen MR) is 62.0 cm³/mol. The molecule has 2 aliphatic rings. The highest BCUT2D eigenvalue weighted by molar-refractivity contribution is 7.91. The van der Waals surface area contributed by atoms with Gasteiger partial charge in [0.1, 0.15) is 5.78 Å². The Bertz CT molecular complexity index is 377. The van der Waals surface area contributed by atoms with Crippen molar-refractivity contribution in [2.24, 2.45) is 11.8 Å². The van der Waals surface area contributed by atoms with Crippen LogP contribution in [-0.2, 0) is 14.6 Å². The molecule has 0 bridgehead atoms. The summed E-state index contributed by atoms with van der Waals surface area (Å²) in [5, 5.41) is 0. The van der Waals surface area contributed by atoms with Crippen LogP contribution in [0.25, 0.3) is 0 Å². The average molecular weight is 245 g/mol. The van der Waals surface area contributed by atoms with E-state index in [4.69, 9.17) is 0 Å². The maximum atomic E-state index is 11.4. The summed E-state index contributed by atoms with van der Waals surface area (Å²) in [6, 6.07) is 0. The van der Waals surface area contributed by atoms with Gasteiger partial charge in [-0.1, -0.05) is 6.92 Å². The predicted octanol–water partition coefficient (Wildman–Crippen LogP) is 0.332. The number of rotatable bonds is 2. The Labute approximate surface area is 96.9 Å². The second kappa shape index (κ2) is 4.45. The van der Waals surface area contributed by atoms with Crippen LogP contribution < -0.4 is 0 Å². The topological polar surface area (TPSA) is 54.5 Å². The van der Waals surface area contributed by atoms with Crippen molar-refractivity contribution in [3.63, 3.8) is 0 Å². The van der Waals surface area contributed by atoms with Gasteiger partial charge in [-0.05, 0) is 12.3 Å². The van der Waals surface area contributed by atoms with Crippen LogP contribution in [0.1, 0.15) is 19.8 Å². The van der Waals surface area contributed by atoms with E-state index in [1.165, 1.54) is 0 Å². The number of ketones is 1. The van der Waals surface area contributed by atoms with E-state index < -0.39 is 9.84 Å². The summed E-state index contributed by atoms with van der Waals surface area (Å²) in [6.07, 6.45) is 1.42. The Morgan fingerprint density at radius 2 is 2.19 bits per heavy atom. The van der Waals surface area contributed by atoms with E-state index in [1.807, 2.05) is 6.92 Å². The van der Waals surface area contributed by atoms with Crippen molar-refractivity contribution in [3.05, 3.63) is 0 Å². The van der Waals surface area contributed by atoms with Crippen molar-refractivity contribution in [2.45, 2.75) is 19.8 Å². The Hall–Kier alpha value is -0.420. The fourth-order valence-corrected chi connectivity index (χ4v) is 4.49. The van der Waals surface area contributed by atoms with Crippen molar-refractivity contribution in [3.8, 4) is 0 Å². The molecule has 92 valence electrons. The first kappa shape index (κ1) is 12.0. The highest BCUT2D eigenvalue weighted by Crippen LogP contribution is 2.21. The minimum atomic E-state index is -2.76. The molecule has 2 heterocycles. The van der Waals surface area contributed by atoms with Crippen LogP contribution in [0.2, 0.25) is 0 Å². The maximum Gasteiger partial charge on any atom is 0.150 e. The van der Waals surface area contributed by atoms with Crippen molar-refractivity contribution < 1.29 is 13.2 Å². The first-order valence-corrected chi connectivity index (χ1v) is 7.74. The van der Waals surface area contributed by atoms with E-state index >= 15 is 0 Å². The van der Waals surface area contributed by atoms with Gasteiger partial charge in [0.05, 0.1) is 11.5 Å². The normalized spacial score (nSPS) is 35.4. The lowest BCUT2D eigenvalue weighted by atomic mass is 9.97. The fraction of sp³-hybridized carbons (Fsp3) is 0.909. The third-order valence-corrected chi connectivity index (χ3v) is 5.44. The minimum Gasteiger partial charge on any atom is -0.302 e. The molecule has 0 amide bonds. The molecule has 2 unspecified atom stereocenters. The van der Waals surface area contributed by atoms with Gasteiger partial charge in [-0.25, -0.2) is 8.42 Å². The SMILES string of the molecule is CC1CN(CC2CCS(=O)(=O)C2)CCC1=O. The van der Waals surface area contributed by atoms with Crippen LogP contribution in [0.3, 0.4) is 0 Å². The summed E-state index contributed by atoms with van der Waals surface area (Å²) in [5.74, 6) is 1.43. The van der Waals surface area contributed by atoms with Crippen LogP contribution >= 0.6 is 0 Å². The summed E-state index contributed by atoms with van der Waals surface area (Å²) in [7, 11) is -2.76. The molecule has 0 aromatic carbocycles. The van der Waals surface area contributed by atoms with Crippen LogP contribution in [0.4, 0.5) is 0 Å². The number of Topliss-reactive ketones (excluding diaryl/α,β-unsaturated/α-hetero) is 1. The van der Waals surface area contributed by atoms with Crippen LogP contribution in [-0.4, -0.2) is 50.2 Å². The number of sulfone groups is 1. The summed E-state index contributed by atoms with van der Waals surface area (Å²) in [5.41, 5.74) is 0. The van der Waals surface area contributed by atoms with Gasteiger partial charge in [-0.15, -0.1) is 0 Å². The fourth-order valence-electron chi connectivity index (χ4n) is 2.64. The van der Waals surface area contributed by atoms with E-state index in [2.05, 4.69) is 4.90 Å². The van der Waals surface area contributed by atoms with Gasteiger partial charge in [-0.2, -0.15) is 0 Å². The smallest absolute Gasteiger partial charge is 0.150 e. The molecule has 2 saturated heterocycles. The largest absolute Gasteiger partial charge is 0.302 e. The number of likely N-dealkylation sites (tertiary alicyclic amines) is 1. The molecule has 2 aliphatic heterocycles. The van der Waals surface area contributed by atoms with E-state index in [-0.39, 0.29) is 11.8 Å². The van der Waals surface area contributed by atoms with Crippen LogP contribution in [0.15, 0.2) is 0 Å². The lowest BCUT2D eigenvalue weighted by molar-refractivity contribution is -0.125. The van der Waals surface area contributed by atoms with Gasteiger partial charge < -0.3 is 4.90 Å². The second-order valence-electron chi connectivity index (χ2n) is 5.15. The number of nitrogens with zero attached hydrogens (tertiary/aromatic N) is 1. The molecule has 2 fully saturated rings. The summed E-state index contributed by atoms with van der Waals surface area (Å²) in [6.45, 7) is 4.41. The number of piperidine rings is 1. The van der Waals surface area contributed by atoms with E-state index in [0.29, 0.717) is 23.7 Å². The molecule has 0 saturated carbocycles. The molecular weight excluding hydrogens is 226 g/mol. The van der Waals surface area contributed by atoms with E-state index in [0.717, 1.165) is 26.1 Å². The summed E-state index contributed by atoms with van der Waals surface area (Å²) in [4.78, 5) is 13.6. The quantitative estimate of drug-likeness (QED) is 0.703.